The topological polar surface area (TPSA) is 100 Å². The molecule has 31 heavy (non-hydrogen) atoms. The fourth-order valence-corrected chi connectivity index (χ4v) is 3.80. The Bertz CT molecular complexity index is 895. The van der Waals surface area contributed by atoms with Gasteiger partial charge >= 0.3 is 6.09 Å². The zero-order valence-electron chi connectivity index (χ0n) is 17.9. The highest BCUT2D eigenvalue weighted by Gasteiger charge is 2.37. The van der Waals surface area contributed by atoms with E-state index in [4.69, 9.17) is 14.7 Å². The van der Waals surface area contributed by atoms with Gasteiger partial charge in [0.25, 0.3) is 0 Å². The summed E-state index contributed by atoms with van der Waals surface area (Å²) in [4.78, 5) is 25.1. The lowest BCUT2D eigenvalue weighted by atomic mass is 10.0. The summed E-state index contributed by atoms with van der Waals surface area (Å²) in [5, 5.41) is 14.0. The molecule has 2 amide bonds. The number of methoxy groups -OCH3 is 1. The molecule has 0 unspecified atom stereocenters. The first-order valence-electron chi connectivity index (χ1n) is 9.74. The lowest BCUT2D eigenvalue weighted by Crippen LogP contribution is -2.56. The Labute approximate surface area is 187 Å². The molecule has 0 aliphatic heterocycles. The Morgan fingerprint density at radius 1 is 1.10 bits per heavy atom. The van der Waals surface area contributed by atoms with Gasteiger partial charge in [0.2, 0.25) is 5.91 Å². The van der Waals surface area contributed by atoms with Gasteiger partial charge in [-0.05, 0) is 37.1 Å². The highest BCUT2D eigenvalue weighted by atomic mass is 32.2. The average molecular weight is 442 g/mol. The fourth-order valence-electron chi connectivity index (χ4n) is 2.74. The summed E-state index contributed by atoms with van der Waals surface area (Å²) in [6, 6.07) is 17.9. The number of amides is 2. The van der Waals surface area contributed by atoms with Crippen LogP contribution in [0.4, 0.5) is 4.79 Å². The van der Waals surface area contributed by atoms with Crippen LogP contribution in [0.5, 0.6) is 5.75 Å². The Hall–Kier alpha value is -3.18. The summed E-state index contributed by atoms with van der Waals surface area (Å²) in [6.45, 7) is 3.69. The first kappa shape index (κ1) is 24.1. The summed E-state index contributed by atoms with van der Waals surface area (Å²) in [5.74, 6) is 0.954. The van der Waals surface area contributed by atoms with Crippen LogP contribution in [-0.2, 0) is 21.9 Å². The summed E-state index contributed by atoms with van der Waals surface area (Å²) in [7, 11) is 1.61. The molecule has 0 saturated carbocycles. The van der Waals surface area contributed by atoms with Crippen LogP contribution < -0.4 is 15.4 Å². The molecule has 164 valence electrons. The number of thioether (sulfide) groups is 1. The number of alkyl carbamates (subject to hydrolysis) is 1. The lowest BCUT2D eigenvalue weighted by Gasteiger charge is -2.33. The number of ether oxygens (including phenoxy) is 2. The van der Waals surface area contributed by atoms with Gasteiger partial charge in [-0.15, -0.1) is 11.8 Å². The zero-order valence-corrected chi connectivity index (χ0v) is 18.7. The maximum atomic E-state index is 12.7. The quantitative estimate of drug-likeness (QED) is 0.546. The van der Waals surface area contributed by atoms with Gasteiger partial charge < -0.3 is 20.1 Å². The first-order valence-corrected chi connectivity index (χ1v) is 10.7. The molecule has 1 atom stereocenters. The van der Waals surface area contributed by atoms with Crippen molar-refractivity contribution in [2.24, 2.45) is 0 Å². The predicted molar refractivity (Wildman–Crippen MR) is 121 cm³/mol. The van der Waals surface area contributed by atoms with Gasteiger partial charge in [-0.1, -0.05) is 42.5 Å². The van der Waals surface area contributed by atoms with Crippen molar-refractivity contribution in [2.75, 3.05) is 13.7 Å². The van der Waals surface area contributed by atoms with Gasteiger partial charge in [-0.2, -0.15) is 5.26 Å². The Morgan fingerprint density at radius 2 is 1.77 bits per heavy atom. The monoisotopic (exact) mass is 441 g/mol. The minimum atomic E-state index is -0.896. The molecule has 2 N–H and O–H groups in total. The SMILES string of the molecule is COc1ccc(CSC(C)(C)[C@H](NC(=O)OCc2ccccc2)C(=O)NCC#N)cc1. The van der Waals surface area contributed by atoms with E-state index in [2.05, 4.69) is 10.6 Å². The molecule has 0 aromatic heterocycles. The second kappa shape index (κ2) is 11.9. The molecule has 8 heteroatoms. The van der Waals surface area contributed by atoms with E-state index in [0.29, 0.717) is 5.75 Å². The number of benzene rings is 2. The van der Waals surface area contributed by atoms with E-state index in [9.17, 15) is 9.59 Å². The van der Waals surface area contributed by atoms with Gasteiger partial charge in [0.05, 0.1) is 13.2 Å². The van der Waals surface area contributed by atoms with Crippen LogP contribution in [0.2, 0.25) is 0 Å². The van der Waals surface area contributed by atoms with Gasteiger partial charge in [0.1, 0.15) is 24.9 Å². The highest BCUT2D eigenvalue weighted by Crippen LogP contribution is 2.32. The van der Waals surface area contributed by atoms with Crippen molar-refractivity contribution in [3.05, 3.63) is 65.7 Å². The molecule has 0 saturated heterocycles. The molecule has 7 nitrogen and oxygen atoms in total. The van der Waals surface area contributed by atoms with Gasteiger partial charge in [-0.25, -0.2) is 4.79 Å². The maximum absolute atomic E-state index is 12.7. The fraction of sp³-hybridized carbons (Fsp3) is 0.348. The molecule has 2 aromatic carbocycles. The summed E-state index contributed by atoms with van der Waals surface area (Å²) in [6.07, 6.45) is -0.695. The summed E-state index contributed by atoms with van der Waals surface area (Å²) < 4.78 is 9.78. The van der Waals surface area contributed by atoms with Crippen LogP contribution in [-0.4, -0.2) is 36.4 Å². The molecule has 0 heterocycles. The van der Waals surface area contributed by atoms with E-state index in [1.54, 1.807) is 7.11 Å². The van der Waals surface area contributed by atoms with Crippen LogP contribution in [0.3, 0.4) is 0 Å². The third kappa shape index (κ3) is 7.87. The molecule has 0 aliphatic rings. The molecule has 0 fully saturated rings. The molecule has 0 bridgehead atoms. The minimum Gasteiger partial charge on any atom is -0.497 e. The summed E-state index contributed by atoms with van der Waals surface area (Å²) in [5.41, 5.74) is 1.90. The Balaban J connectivity index is 2.04. The lowest BCUT2D eigenvalue weighted by molar-refractivity contribution is -0.123. The number of carbonyl (C=O) groups is 2. The maximum Gasteiger partial charge on any atom is 0.408 e. The van der Waals surface area contributed by atoms with Crippen molar-refractivity contribution in [2.45, 2.75) is 37.0 Å². The molecule has 0 aliphatic carbocycles. The van der Waals surface area contributed by atoms with E-state index in [1.807, 2.05) is 74.5 Å². The molecule has 0 radical (unpaired) electrons. The Morgan fingerprint density at radius 3 is 2.39 bits per heavy atom. The third-order valence-corrected chi connectivity index (χ3v) is 6.00. The number of hydrogen-bond donors (Lipinski definition) is 2. The summed E-state index contributed by atoms with van der Waals surface area (Å²) >= 11 is 1.52. The van der Waals surface area contributed by atoms with E-state index in [0.717, 1.165) is 16.9 Å². The zero-order chi connectivity index (χ0) is 22.7. The van der Waals surface area contributed by atoms with Crippen molar-refractivity contribution < 1.29 is 19.1 Å². The normalized spacial score (nSPS) is 11.7. The van der Waals surface area contributed by atoms with Gasteiger partial charge in [0, 0.05) is 10.5 Å². The van der Waals surface area contributed by atoms with Crippen LogP contribution in [0, 0.1) is 11.3 Å². The highest BCUT2D eigenvalue weighted by molar-refractivity contribution is 7.99. The molecule has 2 aromatic rings. The van der Waals surface area contributed by atoms with E-state index < -0.39 is 22.8 Å². The smallest absolute Gasteiger partial charge is 0.408 e. The van der Waals surface area contributed by atoms with Crippen LogP contribution in [0.15, 0.2) is 54.6 Å². The largest absolute Gasteiger partial charge is 0.497 e. The number of rotatable bonds is 10. The van der Waals surface area contributed by atoms with Gasteiger partial charge in [-0.3, -0.25) is 4.79 Å². The molecule has 2 rings (SSSR count). The van der Waals surface area contributed by atoms with Gasteiger partial charge in [0.15, 0.2) is 0 Å². The van der Waals surface area contributed by atoms with E-state index >= 15 is 0 Å². The molecule has 0 spiro atoms. The number of nitrogens with zero attached hydrogens (tertiary/aromatic N) is 1. The van der Waals surface area contributed by atoms with Crippen molar-refractivity contribution in [1.29, 1.82) is 5.26 Å². The molecular formula is C23H27N3O4S. The number of nitrogens with one attached hydrogen (secondary N) is 2. The van der Waals surface area contributed by atoms with Crippen molar-refractivity contribution in [1.82, 2.24) is 10.6 Å². The third-order valence-electron chi connectivity index (χ3n) is 4.54. The average Bonchev–Trinajstić information content (AvgIpc) is 2.79. The standard InChI is InChI=1S/C23H27N3O4S/c1-23(2,31-16-18-9-11-19(29-3)12-10-18)20(21(27)25-14-13-24)26-22(28)30-15-17-7-5-4-6-8-17/h4-12,20H,14-16H2,1-3H3,(H,25,27)(H,26,28)/t20-/m1/s1. The second-order valence-electron chi connectivity index (χ2n) is 7.26. The predicted octanol–water partition coefficient (Wildman–Crippen LogP) is 3.64. The number of nitriles is 1. The van der Waals surface area contributed by atoms with Crippen LogP contribution in [0.25, 0.3) is 0 Å². The van der Waals surface area contributed by atoms with Crippen LogP contribution in [0.1, 0.15) is 25.0 Å². The van der Waals surface area contributed by atoms with Crippen molar-refractivity contribution >= 4 is 23.8 Å². The minimum absolute atomic E-state index is 0.0959. The van der Waals surface area contributed by atoms with Crippen LogP contribution >= 0.6 is 11.8 Å². The number of carbonyl (C=O) groups excluding carboxylic acids is 2. The second-order valence-corrected chi connectivity index (χ2v) is 8.88. The van der Waals surface area contributed by atoms with E-state index in [1.165, 1.54) is 11.8 Å². The van der Waals surface area contributed by atoms with E-state index in [-0.39, 0.29) is 13.2 Å². The Kier molecular flexibility index (Phi) is 9.22. The van der Waals surface area contributed by atoms with Crippen molar-refractivity contribution in [3.8, 4) is 11.8 Å². The number of hydrogen-bond acceptors (Lipinski definition) is 6. The van der Waals surface area contributed by atoms with Crippen molar-refractivity contribution in [3.63, 3.8) is 0 Å². The first-order chi connectivity index (χ1) is 14.9. The molecular weight excluding hydrogens is 414 g/mol.